The molecule has 0 fully saturated rings. The van der Waals surface area contributed by atoms with Gasteiger partial charge in [0.25, 0.3) is 0 Å². The maximum Gasteiger partial charge on any atom is 0.0393 e. The van der Waals surface area contributed by atoms with E-state index in [0.29, 0.717) is 6.04 Å². The lowest BCUT2D eigenvalue weighted by Crippen LogP contribution is -2.40. The van der Waals surface area contributed by atoms with E-state index < -0.39 is 0 Å². The van der Waals surface area contributed by atoms with Crippen LogP contribution in [0.4, 0.5) is 11.4 Å². The van der Waals surface area contributed by atoms with E-state index >= 15 is 0 Å². The van der Waals surface area contributed by atoms with Crippen molar-refractivity contribution in [2.75, 3.05) is 43.9 Å². The molecular weight excluding hydrogens is 234 g/mol. The van der Waals surface area contributed by atoms with Crippen LogP contribution in [0.15, 0.2) is 18.2 Å². The molecular formula is C16H27N3. The highest BCUT2D eigenvalue weighted by Crippen LogP contribution is 2.28. The smallest absolute Gasteiger partial charge is 0.0393 e. The molecule has 1 aromatic rings. The summed E-state index contributed by atoms with van der Waals surface area (Å²) >= 11 is 0. The van der Waals surface area contributed by atoms with Crippen LogP contribution in [-0.2, 0) is 6.42 Å². The lowest BCUT2D eigenvalue weighted by atomic mass is 10.0. The fraction of sp³-hybridized carbons (Fsp3) is 0.625. The molecule has 19 heavy (non-hydrogen) atoms. The van der Waals surface area contributed by atoms with Gasteiger partial charge in [-0.1, -0.05) is 6.07 Å². The summed E-state index contributed by atoms with van der Waals surface area (Å²) in [5, 5.41) is 3.52. The van der Waals surface area contributed by atoms with Crippen LogP contribution in [0.2, 0.25) is 0 Å². The van der Waals surface area contributed by atoms with Crippen molar-refractivity contribution in [3.05, 3.63) is 23.8 Å². The van der Waals surface area contributed by atoms with Gasteiger partial charge < -0.3 is 15.1 Å². The molecule has 0 saturated carbocycles. The van der Waals surface area contributed by atoms with Gasteiger partial charge in [0.2, 0.25) is 0 Å². The Bertz CT molecular complexity index is 414. The van der Waals surface area contributed by atoms with E-state index in [0.717, 1.165) is 19.6 Å². The van der Waals surface area contributed by atoms with Crippen molar-refractivity contribution in [1.82, 2.24) is 4.90 Å². The van der Waals surface area contributed by atoms with Gasteiger partial charge >= 0.3 is 0 Å². The maximum absolute atomic E-state index is 3.52. The lowest BCUT2D eigenvalue weighted by molar-refractivity contribution is 0.373. The Morgan fingerprint density at radius 1 is 1.32 bits per heavy atom. The molecule has 1 atom stereocenters. The fourth-order valence-corrected chi connectivity index (χ4v) is 3.00. The first-order valence-electron chi connectivity index (χ1n) is 7.40. The average Bonchev–Trinajstić information content (AvgIpc) is 2.38. The Morgan fingerprint density at radius 3 is 2.79 bits per heavy atom. The van der Waals surface area contributed by atoms with Crippen LogP contribution in [0, 0.1) is 0 Å². The van der Waals surface area contributed by atoms with Crippen molar-refractivity contribution in [2.45, 2.75) is 32.7 Å². The van der Waals surface area contributed by atoms with Gasteiger partial charge in [0.15, 0.2) is 0 Å². The van der Waals surface area contributed by atoms with Crippen LogP contribution in [0.5, 0.6) is 0 Å². The second-order valence-corrected chi connectivity index (χ2v) is 5.77. The Labute approximate surface area is 117 Å². The van der Waals surface area contributed by atoms with E-state index in [1.165, 1.54) is 29.8 Å². The number of likely N-dealkylation sites (N-methyl/N-ethyl adjacent to an activating group) is 2. The van der Waals surface area contributed by atoms with Gasteiger partial charge in [-0.05, 0) is 58.5 Å². The molecule has 3 nitrogen and oxygen atoms in total. The quantitative estimate of drug-likeness (QED) is 0.879. The van der Waals surface area contributed by atoms with E-state index in [9.17, 15) is 0 Å². The van der Waals surface area contributed by atoms with Crippen molar-refractivity contribution in [3.63, 3.8) is 0 Å². The summed E-state index contributed by atoms with van der Waals surface area (Å²) in [6, 6.07) is 7.43. The first-order valence-corrected chi connectivity index (χ1v) is 7.40. The molecule has 0 aromatic heterocycles. The predicted molar refractivity (Wildman–Crippen MR) is 84.3 cm³/mol. The number of hydrogen-bond donors (Lipinski definition) is 1. The SMILES string of the molecule is CCN(c1ccc2c(c1)NCCC2)C(C)CN(C)C. The van der Waals surface area contributed by atoms with Gasteiger partial charge in [-0.15, -0.1) is 0 Å². The molecule has 0 saturated heterocycles. The van der Waals surface area contributed by atoms with Crippen LogP contribution in [0.1, 0.15) is 25.8 Å². The van der Waals surface area contributed by atoms with Crippen molar-refractivity contribution in [3.8, 4) is 0 Å². The van der Waals surface area contributed by atoms with E-state index in [1.54, 1.807) is 0 Å². The topological polar surface area (TPSA) is 18.5 Å². The predicted octanol–water partition coefficient (Wildman–Crippen LogP) is 2.82. The number of aryl methyl sites for hydroxylation is 1. The van der Waals surface area contributed by atoms with Crippen molar-refractivity contribution in [1.29, 1.82) is 0 Å². The van der Waals surface area contributed by atoms with Gasteiger partial charge in [-0.2, -0.15) is 0 Å². The fourth-order valence-electron chi connectivity index (χ4n) is 3.00. The minimum atomic E-state index is 0.529. The van der Waals surface area contributed by atoms with Crippen molar-refractivity contribution >= 4 is 11.4 Å². The molecule has 1 aliphatic heterocycles. The summed E-state index contributed by atoms with van der Waals surface area (Å²) in [4.78, 5) is 4.74. The summed E-state index contributed by atoms with van der Waals surface area (Å²) < 4.78 is 0. The molecule has 0 spiro atoms. The number of nitrogens with one attached hydrogen (secondary N) is 1. The monoisotopic (exact) mass is 261 g/mol. The molecule has 1 aliphatic rings. The molecule has 1 heterocycles. The summed E-state index contributed by atoms with van der Waals surface area (Å²) in [5.74, 6) is 0. The zero-order valence-corrected chi connectivity index (χ0v) is 12.7. The first-order chi connectivity index (χ1) is 9.11. The standard InChI is InChI=1S/C16H27N3/c1-5-19(13(2)12-18(3)4)15-9-8-14-7-6-10-17-16(14)11-15/h8-9,11,13,17H,5-7,10,12H2,1-4H3. The van der Waals surface area contributed by atoms with E-state index in [2.05, 4.69) is 61.3 Å². The van der Waals surface area contributed by atoms with Gasteiger partial charge in [-0.3, -0.25) is 0 Å². The molecule has 0 bridgehead atoms. The molecule has 0 aliphatic carbocycles. The zero-order valence-electron chi connectivity index (χ0n) is 12.7. The minimum Gasteiger partial charge on any atom is -0.385 e. The molecule has 106 valence electrons. The number of anilines is 2. The highest BCUT2D eigenvalue weighted by molar-refractivity contribution is 5.63. The minimum absolute atomic E-state index is 0.529. The molecule has 1 unspecified atom stereocenters. The number of hydrogen-bond acceptors (Lipinski definition) is 3. The lowest BCUT2D eigenvalue weighted by Gasteiger charge is -2.33. The highest BCUT2D eigenvalue weighted by Gasteiger charge is 2.16. The number of nitrogens with zero attached hydrogens (tertiary/aromatic N) is 2. The molecule has 2 rings (SSSR count). The Morgan fingerprint density at radius 2 is 2.11 bits per heavy atom. The molecule has 3 heteroatoms. The average molecular weight is 261 g/mol. The van der Waals surface area contributed by atoms with E-state index in [-0.39, 0.29) is 0 Å². The number of benzene rings is 1. The summed E-state index contributed by atoms with van der Waals surface area (Å²) in [7, 11) is 4.28. The van der Waals surface area contributed by atoms with E-state index in [1.807, 2.05) is 0 Å². The van der Waals surface area contributed by atoms with Gasteiger partial charge in [0, 0.05) is 37.1 Å². The second-order valence-electron chi connectivity index (χ2n) is 5.77. The Kier molecular flexibility index (Phi) is 4.70. The van der Waals surface area contributed by atoms with Gasteiger partial charge in [-0.25, -0.2) is 0 Å². The molecule has 1 aromatic carbocycles. The maximum atomic E-state index is 3.52. The summed E-state index contributed by atoms with van der Waals surface area (Å²) in [6.45, 7) is 7.78. The van der Waals surface area contributed by atoms with E-state index in [4.69, 9.17) is 0 Å². The Hall–Kier alpha value is -1.22. The molecule has 1 N–H and O–H groups in total. The highest BCUT2D eigenvalue weighted by atomic mass is 15.2. The van der Waals surface area contributed by atoms with Crippen molar-refractivity contribution in [2.24, 2.45) is 0 Å². The van der Waals surface area contributed by atoms with Crippen LogP contribution >= 0.6 is 0 Å². The third-order valence-corrected chi connectivity index (χ3v) is 3.87. The Balaban J connectivity index is 2.18. The molecule has 0 radical (unpaired) electrons. The molecule has 0 amide bonds. The third kappa shape index (κ3) is 3.41. The van der Waals surface area contributed by atoms with Crippen molar-refractivity contribution < 1.29 is 0 Å². The van der Waals surface area contributed by atoms with Crippen LogP contribution in [0.25, 0.3) is 0 Å². The van der Waals surface area contributed by atoms with Gasteiger partial charge in [0.1, 0.15) is 0 Å². The largest absolute Gasteiger partial charge is 0.385 e. The van der Waals surface area contributed by atoms with Crippen LogP contribution in [0.3, 0.4) is 0 Å². The summed E-state index contributed by atoms with van der Waals surface area (Å²) in [6.07, 6.45) is 2.46. The number of rotatable bonds is 5. The van der Waals surface area contributed by atoms with Crippen LogP contribution in [-0.4, -0.2) is 44.7 Å². The number of fused-ring (bicyclic) bond motifs is 1. The second kappa shape index (κ2) is 6.29. The first kappa shape index (κ1) is 14.2. The van der Waals surface area contributed by atoms with Crippen LogP contribution < -0.4 is 10.2 Å². The van der Waals surface area contributed by atoms with Gasteiger partial charge in [0.05, 0.1) is 0 Å². The zero-order chi connectivity index (χ0) is 13.8. The third-order valence-electron chi connectivity index (χ3n) is 3.87. The summed E-state index contributed by atoms with van der Waals surface area (Å²) in [5.41, 5.74) is 4.13. The normalized spacial score (nSPS) is 15.8.